The quantitative estimate of drug-likeness (QED) is 0.0844. The summed E-state index contributed by atoms with van der Waals surface area (Å²) in [6, 6.07) is 14.9. The Bertz CT molecular complexity index is 900. The first kappa shape index (κ1) is 27.8. The van der Waals surface area contributed by atoms with Crippen LogP contribution in [0.2, 0.25) is 13.3 Å². The summed E-state index contributed by atoms with van der Waals surface area (Å²) in [5, 5.41) is 7.83. The van der Waals surface area contributed by atoms with Crippen LogP contribution in [0.15, 0.2) is 52.7 Å². The van der Waals surface area contributed by atoms with Crippen molar-refractivity contribution in [2.45, 2.75) is 86.0 Å². The second kappa shape index (κ2) is 15.5. The Morgan fingerprint density at radius 1 is 0.848 bits per heavy atom. The van der Waals surface area contributed by atoms with Gasteiger partial charge in [-0.05, 0) is 52.4 Å². The van der Waals surface area contributed by atoms with Crippen molar-refractivity contribution < 1.29 is 0 Å². The van der Waals surface area contributed by atoms with E-state index in [4.69, 9.17) is 18.4 Å². The number of benzene rings is 2. The molecule has 0 aromatic heterocycles. The number of amidine groups is 1. The third-order valence-corrected chi connectivity index (χ3v) is 15.3. The minimum atomic E-state index is -0.839. The Balaban J connectivity index is 0.000000260. The first-order valence-corrected chi connectivity index (χ1v) is 19.1. The van der Waals surface area contributed by atoms with Gasteiger partial charge in [-0.2, -0.15) is 10.2 Å². The molecule has 2 aromatic rings. The molecule has 0 fully saturated rings. The summed E-state index contributed by atoms with van der Waals surface area (Å²) in [4.78, 5) is 0. The van der Waals surface area contributed by atoms with E-state index < -0.39 is 19.8 Å². The van der Waals surface area contributed by atoms with Gasteiger partial charge >= 0.3 is 92.4 Å². The number of unbranched alkanes of at least 4 members (excludes halogenated alkanes) is 3. The molecule has 0 heterocycles. The summed E-state index contributed by atoms with van der Waals surface area (Å²) >= 11 is 3.86. The summed E-state index contributed by atoms with van der Waals surface area (Å²) in [5.74, 6) is 0. The fourth-order valence-electron chi connectivity index (χ4n) is 4.21. The van der Waals surface area contributed by atoms with E-state index >= 15 is 0 Å². The van der Waals surface area contributed by atoms with Crippen molar-refractivity contribution >= 4 is 43.3 Å². The van der Waals surface area contributed by atoms with Gasteiger partial charge < -0.3 is 18.4 Å². The predicted octanol–water partition coefficient (Wildman–Crippen LogP) is 7.72. The molecule has 0 radical (unpaired) electrons. The van der Waals surface area contributed by atoms with Gasteiger partial charge in [-0.25, -0.2) is 0 Å². The van der Waals surface area contributed by atoms with Crippen LogP contribution in [0.1, 0.15) is 82.9 Å². The normalized spacial score (nSPS) is 12.6. The van der Waals surface area contributed by atoms with Crippen LogP contribution in [0.25, 0.3) is 11.1 Å². The van der Waals surface area contributed by atoms with Crippen molar-refractivity contribution in [1.82, 2.24) is 0 Å². The topological polar surface area (TPSA) is 50.7 Å². The number of rotatable bonds is 11. The van der Waals surface area contributed by atoms with Crippen LogP contribution in [0, 0.1) is 0 Å². The molecule has 3 nitrogen and oxygen atoms in total. The summed E-state index contributed by atoms with van der Waals surface area (Å²) in [6.07, 6.45) is 9.82. The van der Waals surface area contributed by atoms with Crippen LogP contribution in [0.5, 0.6) is 0 Å². The third kappa shape index (κ3) is 9.40. The van der Waals surface area contributed by atoms with Crippen LogP contribution in [-0.4, -0.2) is 30.6 Å². The molecule has 2 aromatic carbocycles. The molecule has 0 saturated carbocycles. The first-order valence-electron chi connectivity index (χ1n) is 12.6. The molecule has 0 amide bonds. The van der Waals surface area contributed by atoms with E-state index in [0.717, 1.165) is 17.7 Å². The van der Waals surface area contributed by atoms with Gasteiger partial charge in [-0.1, -0.05) is 36.4 Å². The van der Waals surface area contributed by atoms with Crippen LogP contribution in [-0.2, 0) is 19.0 Å². The molecule has 178 valence electrons. The summed E-state index contributed by atoms with van der Waals surface area (Å²) in [6.45, 7) is 8.91. The minimum absolute atomic E-state index is 0.0536. The molecular weight excluding hydrogens is 529 g/mol. The van der Waals surface area contributed by atoms with E-state index in [2.05, 4.69) is 73.4 Å². The zero-order chi connectivity index (χ0) is 24.1. The Morgan fingerprint density at radius 2 is 1.42 bits per heavy atom. The fourth-order valence-corrected chi connectivity index (χ4v) is 13.7. The van der Waals surface area contributed by atoms with Gasteiger partial charge in [0.2, 0.25) is 0 Å². The van der Waals surface area contributed by atoms with E-state index in [0.29, 0.717) is 0 Å². The SMILES string of the molecule is C/C(=N\N=C(\N)[S-])c1ccc2c(c1)Cc1ccccc1-2.CCC[CH2][Sn+]([CH2]CCC)[CH2]CCC. The monoisotopic (exact) mass is 571 g/mol. The molecule has 0 atom stereocenters. The van der Waals surface area contributed by atoms with Gasteiger partial charge in [-0.3, -0.25) is 0 Å². The Morgan fingerprint density at radius 3 is 2.00 bits per heavy atom. The van der Waals surface area contributed by atoms with Gasteiger partial charge in [-0.15, -0.1) is 0 Å². The molecule has 2 N–H and O–H groups in total. The van der Waals surface area contributed by atoms with Crippen molar-refractivity contribution in [3.8, 4) is 11.1 Å². The maximum atomic E-state index is 5.32. The Kier molecular flexibility index (Phi) is 13.1. The summed E-state index contributed by atoms with van der Waals surface area (Å²) in [7, 11) is 0. The summed E-state index contributed by atoms with van der Waals surface area (Å²) in [5.41, 5.74) is 12.5. The molecule has 0 bridgehead atoms. The standard InChI is InChI=1S/C16H15N3S.3C4H9.Sn/c1-10(18-19-16(17)20)11-6-7-15-13(8-11)9-12-4-2-3-5-14(12)15;3*1-3-4-2;/h2-8H,9H2,1H3,(H3,17,19,20);3*1,3-4H2,2H3;/q;;;;+1/p-1/b18-10+;;;;. The van der Waals surface area contributed by atoms with Crippen LogP contribution < -0.4 is 5.73 Å². The average molecular weight is 570 g/mol. The molecule has 33 heavy (non-hydrogen) atoms. The molecule has 0 aliphatic heterocycles. The maximum absolute atomic E-state index is 5.32. The molecule has 0 unspecified atom stereocenters. The molecule has 0 spiro atoms. The van der Waals surface area contributed by atoms with Crippen molar-refractivity contribution in [3.05, 3.63) is 59.2 Å². The van der Waals surface area contributed by atoms with Crippen LogP contribution in [0.3, 0.4) is 0 Å². The van der Waals surface area contributed by atoms with Crippen molar-refractivity contribution in [2.75, 3.05) is 0 Å². The van der Waals surface area contributed by atoms with E-state index in [1.807, 2.05) is 6.92 Å². The van der Waals surface area contributed by atoms with Crippen molar-refractivity contribution in [2.24, 2.45) is 15.9 Å². The number of hydrogen-bond acceptors (Lipinski definition) is 3. The zero-order valence-electron chi connectivity index (χ0n) is 21.0. The van der Waals surface area contributed by atoms with Gasteiger partial charge in [0, 0.05) is 0 Å². The van der Waals surface area contributed by atoms with E-state index in [-0.39, 0.29) is 5.17 Å². The second-order valence-corrected chi connectivity index (χ2v) is 17.9. The van der Waals surface area contributed by atoms with Gasteiger partial charge in [0.25, 0.3) is 0 Å². The number of hydrogen-bond donors (Lipinski definition) is 1. The summed E-state index contributed by atoms with van der Waals surface area (Å²) < 4.78 is 5.04. The third-order valence-electron chi connectivity index (χ3n) is 6.16. The second-order valence-electron chi connectivity index (χ2n) is 8.89. The average Bonchev–Trinajstić information content (AvgIpc) is 3.20. The number of nitrogens with zero attached hydrogens (tertiary/aromatic N) is 2. The predicted molar refractivity (Wildman–Crippen MR) is 151 cm³/mol. The number of fused-ring (bicyclic) bond motifs is 3. The molecule has 5 heteroatoms. The van der Waals surface area contributed by atoms with Gasteiger partial charge in [0.15, 0.2) is 0 Å². The molecule has 3 rings (SSSR count). The fraction of sp³-hybridized carbons (Fsp3) is 0.500. The Hall–Kier alpha value is -1.40. The molecule has 1 aliphatic carbocycles. The van der Waals surface area contributed by atoms with Gasteiger partial charge in [0.1, 0.15) is 0 Å². The first-order chi connectivity index (χ1) is 16.0. The zero-order valence-corrected chi connectivity index (χ0v) is 24.7. The molecular formula is C28H41N3SSn. The van der Waals surface area contributed by atoms with Crippen molar-refractivity contribution in [1.29, 1.82) is 0 Å². The molecule has 1 aliphatic rings. The van der Waals surface area contributed by atoms with Crippen molar-refractivity contribution in [3.63, 3.8) is 0 Å². The van der Waals surface area contributed by atoms with E-state index in [1.54, 1.807) is 13.3 Å². The van der Waals surface area contributed by atoms with Crippen LogP contribution in [0.4, 0.5) is 0 Å². The van der Waals surface area contributed by atoms with Gasteiger partial charge in [0.05, 0.1) is 5.71 Å². The van der Waals surface area contributed by atoms with E-state index in [9.17, 15) is 0 Å². The molecule has 0 saturated heterocycles. The van der Waals surface area contributed by atoms with E-state index in [1.165, 1.54) is 60.8 Å². The number of nitrogens with two attached hydrogens (primary N) is 1. The van der Waals surface area contributed by atoms with Crippen LogP contribution >= 0.6 is 0 Å². The Labute approximate surface area is 214 Å².